The minimum absolute atomic E-state index is 0.0340. The molecule has 7 nitrogen and oxygen atoms in total. The van der Waals surface area contributed by atoms with Gasteiger partial charge in [-0.2, -0.15) is 0 Å². The number of benzene rings is 3. The van der Waals surface area contributed by atoms with Crippen molar-refractivity contribution >= 4 is 50.7 Å². The predicted octanol–water partition coefficient (Wildman–Crippen LogP) is 5.52. The maximum Gasteiger partial charge on any atom is 0.264 e. The molecule has 0 aromatic heterocycles. The molecule has 0 aliphatic carbocycles. The van der Waals surface area contributed by atoms with Crippen molar-refractivity contribution in [3.63, 3.8) is 0 Å². The van der Waals surface area contributed by atoms with Crippen LogP contribution < -0.4 is 9.62 Å². The van der Waals surface area contributed by atoms with E-state index in [1.54, 1.807) is 61.5 Å². The average molecular weight is 577 g/mol. The Kier molecular flexibility index (Phi) is 10.2. The Morgan fingerprint density at radius 1 is 0.895 bits per heavy atom. The molecule has 0 unspecified atom stereocenters. The molecule has 38 heavy (non-hydrogen) atoms. The molecule has 2 atom stereocenters. The van der Waals surface area contributed by atoms with Crippen LogP contribution in [-0.4, -0.2) is 43.8 Å². The normalized spacial score (nSPS) is 12.9. The first-order valence-electron chi connectivity index (χ1n) is 12.2. The number of hydrogen-bond donors (Lipinski definition) is 1. The molecule has 202 valence electrons. The maximum absolute atomic E-state index is 13.8. The zero-order valence-corrected chi connectivity index (χ0v) is 23.8. The number of rotatable bonds is 11. The van der Waals surface area contributed by atoms with Gasteiger partial charge in [-0.05, 0) is 74.4 Å². The summed E-state index contributed by atoms with van der Waals surface area (Å²) >= 11 is 12.2. The second-order valence-corrected chi connectivity index (χ2v) is 11.7. The van der Waals surface area contributed by atoms with Crippen LogP contribution in [0.5, 0.6) is 0 Å². The lowest BCUT2D eigenvalue weighted by molar-refractivity contribution is -0.139. The third-order valence-corrected chi connectivity index (χ3v) is 8.41. The van der Waals surface area contributed by atoms with E-state index in [0.717, 1.165) is 10.7 Å². The van der Waals surface area contributed by atoms with Crippen molar-refractivity contribution in [3.05, 3.63) is 94.5 Å². The second-order valence-electron chi connectivity index (χ2n) is 8.95. The predicted molar refractivity (Wildman–Crippen MR) is 152 cm³/mol. The Bertz CT molecular complexity index is 1350. The summed E-state index contributed by atoms with van der Waals surface area (Å²) in [6.45, 7) is 4.98. The lowest BCUT2D eigenvalue weighted by atomic mass is 10.1. The highest BCUT2D eigenvalue weighted by Gasteiger charge is 2.32. The van der Waals surface area contributed by atoms with E-state index in [1.165, 1.54) is 29.2 Å². The Morgan fingerprint density at radius 3 is 2.16 bits per heavy atom. The molecule has 3 rings (SSSR count). The Balaban J connectivity index is 2.01. The minimum atomic E-state index is -4.12. The number of nitrogens with zero attached hydrogens (tertiary/aromatic N) is 2. The first kappa shape index (κ1) is 29.5. The van der Waals surface area contributed by atoms with Crippen LogP contribution in [0.1, 0.15) is 32.8 Å². The number of sulfonamides is 1. The average Bonchev–Trinajstić information content (AvgIpc) is 2.90. The van der Waals surface area contributed by atoms with Crippen molar-refractivity contribution in [2.45, 2.75) is 50.7 Å². The first-order valence-corrected chi connectivity index (χ1v) is 14.4. The van der Waals surface area contributed by atoms with E-state index in [-0.39, 0.29) is 29.1 Å². The standard InChI is InChI=1S/C28H31Cl2N3O4S/c1-4-20(2)31-28(35)21(3)32(18-22-9-8-10-24(30)17-22)27(34)19-33(25-15-13-23(29)14-16-25)38(36,37)26-11-6-5-7-12-26/h5-17,20-21H,4,18-19H2,1-3H3,(H,31,35)/t20-,21-/m1/s1. The fraction of sp³-hybridized carbons (Fsp3) is 0.286. The Labute approximate surface area is 234 Å². The van der Waals surface area contributed by atoms with Crippen LogP contribution in [0.15, 0.2) is 83.8 Å². The molecule has 3 aromatic carbocycles. The first-order chi connectivity index (χ1) is 18.0. The summed E-state index contributed by atoms with van der Waals surface area (Å²) in [5.74, 6) is -0.884. The van der Waals surface area contributed by atoms with Gasteiger partial charge in [0.1, 0.15) is 12.6 Å². The van der Waals surface area contributed by atoms with Crippen molar-refractivity contribution in [1.29, 1.82) is 0 Å². The highest BCUT2D eigenvalue weighted by molar-refractivity contribution is 7.92. The van der Waals surface area contributed by atoms with Crippen LogP contribution in [0.4, 0.5) is 5.69 Å². The highest BCUT2D eigenvalue weighted by atomic mass is 35.5. The van der Waals surface area contributed by atoms with Gasteiger partial charge in [-0.3, -0.25) is 13.9 Å². The van der Waals surface area contributed by atoms with E-state index in [9.17, 15) is 18.0 Å². The van der Waals surface area contributed by atoms with Gasteiger partial charge in [0.25, 0.3) is 10.0 Å². The third kappa shape index (κ3) is 7.49. The van der Waals surface area contributed by atoms with Crippen molar-refractivity contribution in [1.82, 2.24) is 10.2 Å². The number of anilines is 1. The smallest absolute Gasteiger partial charge is 0.264 e. The van der Waals surface area contributed by atoms with Crippen molar-refractivity contribution < 1.29 is 18.0 Å². The van der Waals surface area contributed by atoms with Crippen LogP contribution in [0, 0.1) is 0 Å². The summed E-state index contributed by atoms with van der Waals surface area (Å²) < 4.78 is 28.4. The quantitative estimate of drug-likeness (QED) is 0.326. The molecule has 10 heteroatoms. The van der Waals surface area contributed by atoms with Gasteiger partial charge in [-0.1, -0.05) is 60.5 Å². The molecule has 0 radical (unpaired) electrons. The van der Waals surface area contributed by atoms with E-state index >= 15 is 0 Å². The van der Waals surface area contributed by atoms with Crippen LogP contribution in [0.25, 0.3) is 0 Å². The molecule has 2 amide bonds. The lowest BCUT2D eigenvalue weighted by Crippen LogP contribution is -2.52. The van der Waals surface area contributed by atoms with Crippen molar-refractivity contribution in [2.24, 2.45) is 0 Å². The van der Waals surface area contributed by atoms with E-state index in [1.807, 2.05) is 13.8 Å². The number of carbonyl (C=O) groups is 2. The summed E-state index contributed by atoms with van der Waals surface area (Å²) in [6.07, 6.45) is 0.723. The van der Waals surface area contributed by atoms with E-state index in [0.29, 0.717) is 15.6 Å². The van der Waals surface area contributed by atoms with E-state index in [2.05, 4.69) is 5.32 Å². The molecule has 0 spiro atoms. The summed E-state index contributed by atoms with van der Waals surface area (Å²) in [7, 11) is -4.12. The Morgan fingerprint density at radius 2 is 1.55 bits per heavy atom. The van der Waals surface area contributed by atoms with Gasteiger partial charge >= 0.3 is 0 Å². The van der Waals surface area contributed by atoms with Gasteiger partial charge < -0.3 is 10.2 Å². The third-order valence-electron chi connectivity index (χ3n) is 6.13. The number of amides is 2. The number of carbonyl (C=O) groups excluding carboxylic acids is 2. The Hall–Kier alpha value is -3.07. The zero-order chi connectivity index (χ0) is 27.9. The van der Waals surface area contributed by atoms with Gasteiger partial charge in [0.2, 0.25) is 11.8 Å². The molecule has 0 heterocycles. The van der Waals surface area contributed by atoms with Gasteiger partial charge in [-0.25, -0.2) is 8.42 Å². The molecular weight excluding hydrogens is 545 g/mol. The van der Waals surface area contributed by atoms with Gasteiger partial charge in [0, 0.05) is 22.6 Å². The molecule has 0 aliphatic rings. The van der Waals surface area contributed by atoms with E-state index < -0.39 is 28.5 Å². The molecule has 3 aromatic rings. The summed E-state index contributed by atoms with van der Waals surface area (Å²) in [4.78, 5) is 28.3. The molecule has 0 bridgehead atoms. The number of nitrogens with one attached hydrogen (secondary N) is 1. The monoisotopic (exact) mass is 575 g/mol. The molecule has 0 fully saturated rings. The van der Waals surface area contributed by atoms with Gasteiger partial charge in [-0.15, -0.1) is 0 Å². The summed E-state index contributed by atoms with van der Waals surface area (Å²) in [6, 6.07) is 20.1. The topological polar surface area (TPSA) is 86.8 Å². The fourth-order valence-electron chi connectivity index (χ4n) is 3.74. The minimum Gasteiger partial charge on any atom is -0.352 e. The van der Waals surface area contributed by atoms with Crippen LogP contribution in [-0.2, 0) is 26.2 Å². The largest absolute Gasteiger partial charge is 0.352 e. The van der Waals surface area contributed by atoms with Gasteiger partial charge in [0.05, 0.1) is 10.6 Å². The molecule has 1 N–H and O–H groups in total. The molecule has 0 aliphatic heterocycles. The SMILES string of the molecule is CC[C@@H](C)NC(=O)[C@@H](C)N(Cc1cccc(Cl)c1)C(=O)CN(c1ccc(Cl)cc1)S(=O)(=O)c1ccccc1. The van der Waals surface area contributed by atoms with Crippen molar-refractivity contribution in [3.8, 4) is 0 Å². The van der Waals surface area contributed by atoms with Crippen LogP contribution in [0.3, 0.4) is 0 Å². The summed E-state index contributed by atoms with van der Waals surface area (Å²) in [5.41, 5.74) is 0.976. The van der Waals surface area contributed by atoms with Crippen LogP contribution in [0.2, 0.25) is 10.0 Å². The fourth-order valence-corrected chi connectivity index (χ4v) is 5.51. The molecule has 0 saturated heterocycles. The number of halogens is 2. The van der Waals surface area contributed by atoms with Crippen LogP contribution >= 0.6 is 23.2 Å². The van der Waals surface area contributed by atoms with Gasteiger partial charge in [0.15, 0.2) is 0 Å². The molecule has 0 saturated carbocycles. The zero-order valence-electron chi connectivity index (χ0n) is 21.5. The lowest BCUT2D eigenvalue weighted by Gasteiger charge is -2.32. The second kappa shape index (κ2) is 13.1. The maximum atomic E-state index is 13.8. The molecular formula is C28H31Cl2N3O4S. The number of hydrogen-bond acceptors (Lipinski definition) is 4. The van der Waals surface area contributed by atoms with Crippen molar-refractivity contribution in [2.75, 3.05) is 10.8 Å². The highest BCUT2D eigenvalue weighted by Crippen LogP contribution is 2.26. The summed E-state index contributed by atoms with van der Waals surface area (Å²) in [5, 5.41) is 3.82. The van der Waals surface area contributed by atoms with E-state index in [4.69, 9.17) is 23.2 Å².